The predicted octanol–water partition coefficient (Wildman–Crippen LogP) is 3.95. The van der Waals surface area contributed by atoms with Gasteiger partial charge < -0.3 is 4.74 Å². The minimum atomic E-state index is -0.319. The smallest absolute Gasteiger partial charge is 0.348 e. The number of hydrogen-bond acceptors (Lipinski definition) is 5. The van der Waals surface area contributed by atoms with Gasteiger partial charge in [0.05, 0.1) is 16.5 Å². The Morgan fingerprint density at radius 3 is 3.00 bits per heavy atom. The number of rotatable bonds is 1. The number of ether oxygens (including phenoxy) is 1. The normalized spacial score (nSPS) is 11.2. The lowest BCUT2D eigenvalue weighted by molar-refractivity contribution is 0.0606. The SMILES string of the molecule is COC(=O)c1cc2ccc3sc(Cl)nc3c2s1. The number of thiophene rings is 1. The molecule has 2 aromatic heterocycles. The number of nitrogens with zero attached hydrogens (tertiary/aromatic N) is 1. The molecule has 3 nitrogen and oxygen atoms in total. The zero-order chi connectivity index (χ0) is 12.0. The highest BCUT2D eigenvalue weighted by Crippen LogP contribution is 2.36. The predicted molar refractivity (Wildman–Crippen MR) is 71.4 cm³/mol. The number of halogens is 1. The molecule has 0 aliphatic heterocycles. The van der Waals surface area contributed by atoms with Crippen LogP contribution < -0.4 is 0 Å². The van der Waals surface area contributed by atoms with Crippen molar-refractivity contribution < 1.29 is 9.53 Å². The number of esters is 1. The summed E-state index contributed by atoms with van der Waals surface area (Å²) in [5, 5.41) is 0.991. The van der Waals surface area contributed by atoms with Gasteiger partial charge in [0.25, 0.3) is 0 Å². The monoisotopic (exact) mass is 283 g/mol. The minimum absolute atomic E-state index is 0.319. The number of methoxy groups -OCH3 is 1. The van der Waals surface area contributed by atoms with E-state index in [-0.39, 0.29) is 5.97 Å². The fourth-order valence-electron chi connectivity index (χ4n) is 1.66. The summed E-state index contributed by atoms with van der Waals surface area (Å²) in [6.45, 7) is 0. The Morgan fingerprint density at radius 2 is 2.24 bits per heavy atom. The van der Waals surface area contributed by atoms with E-state index < -0.39 is 0 Å². The summed E-state index contributed by atoms with van der Waals surface area (Å²) < 4.78 is 7.23. The molecule has 0 fully saturated rings. The molecule has 0 amide bonds. The first-order valence-corrected chi connectivity index (χ1v) is 6.77. The molecule has 0 unspecified atom stereocenters. The van der Waals surface area contributed by atoms with E-state index in [9.17, 15) is 4.79 Å². The van der Waals surface area contributed by atoms with Crippen LogP contribution in [0, 0.1) is 0 Å². The van der Waals surface area contributed by atoms with Crippen LogP contribution in [-0.2, 0) is 4.74 Å². The van der Waals surface area contributed by atoms with Crippen molar-refractivity contribution in [3.63, 3.8) is 0 Å². The van der Waals surface area contributed by atoms with Crippen LogP contribution in [0.4, 0.5) is 0 Å². The van der Waals surface area contributed by atoms with Crippen molar-refractivity contribution >= 4 is 60.5 Å². The van der Waals surface area contributed by atoms with E-state index >= 15 is 0 Å². The standard InChI is InChI=1S/C11H6ClNO2S2/c1-15-10(14)7-4-5-2-3-6-8(9(5)16-7)13-11(12)17-6/h2-4H,1H3. The summed E-state index contributed by atoms with van der Waals surface area (Å²) in [6, 6.07) is 5.75. The molecule has 2 heterocycles. The molecule has 3 aromatic rings. The number of carbonyl (C=O) groups is 1. The second-order valence-corrected chi connectivity index (χ2v) is 6.06. The number of benzene rings is 1. The lowest BCUT2D eigenvalue weighted by atomic mass is 10.2. The molecule has 0 aliphatic rings. The van der Waals surface area contributed by atoms with E-state index in [1.54, 1.807) is 0 Å². The maximum Gasteiger partial charge on any atom is 0.348 e. The highest BCUT2D eigenvalue weighted by Gasteiger charge is 2.14. The summed E-state index contributed by atoms with van der Waals surface area (Å²) in [5.41, 5.74) is 0.859. The molecule has 0 bridgehead atoms. The van der Waals surface area contributed by atoms with Crippen molar-refractivity contribution in [1.29, 1.82) is 0 Å². The molecule has 0 saturated heterocycles. The average Bonchev–Trinajstić information content (AvgIpc) is 2.89. The Kier molecular flexibility index (Phi) is 2.54. The number of fused-ring (bicyclic) bond motifs is 3. The van der Waals surface area contributed by atoms with Gasteiger partial charge in [-0.2, -0.15) is 0 Å². The van der Waals surface area contributed by atoms with E-state index in [4.69, 9.17) is 16.3 Å². The van der Waals surface area contributed by atoms with Gasteiger partial charge in [-0.15, -0.1) is 22.7 Å². The zero-order valence-corrected chi connectivity index (χ0v) is 11.1. The number of thiazole rings is 1. The zero-order valence-electron chi connectivity index (χ0n) is 8.69. The molecule has 0 N–H and O–H groups in total. The Bertz CT molecular complexity index is 732. The van der Waals surface area contributed by atoms with Crippen LogP contribution in [-0.4, -0.2) is 18.1 Å². The molecule has 1 aromatic carbocycles. The molecule has 86 valence electrons. The molecule has 6 heteroatoms. The largest absolute Gasteiger partial charge is 0.465 e. The molecular formula is C11H6ClNO2S2. The van der Waals surface area contributed by atoms with E-state index in [1.165, 1.54) is 29.8 Å². The Morgan fingerprint density at radius 1 is 1.41 bits per heavy atom. The maximum absolute atomic E-state index is 11.5. The van der Waals surface area contributed by atoms with Crippen LogP contribution in [0.5, 0.6) is 0 Å². The van der Waals surface area contributed by atoms with Gasteiger partial charge in [-0.25, -0.2) is 9.78 Å². The van der Waals surface area contributed by atoms with E-state index in [2.05, 4.69) is 4.98 Å². The first kappa shape index (κ1) is 11.0. The molecule has 0 atom stereocenters. The molecular weight excluding hydrogens is 278 g/mol. The van der Waals surface area contributed by atoms with Gasteiger partial charge in [-0.1, -0.05) is 17.7 Å². The van der Waals surface area contributed by atoms with Gasteiger partial charge in [0.2, 0.25) is 0 Å². The van der Waals surface area contributed by atoms with Crippen molar-refractivity contribution in [3.05, 3.63) is 27.5 Å². The summed E-state index contributed by atoms with van der Waals surface area (Å²) in [7, 11) is 1.38. The Labute approximate surface area is 110 Å². The molecule has 3 rings (SSSR count). The van der Waals surface area contributed by atoms with Gasteiger partial charge in [0, 0.05) is 0 Å². The van der Waals surface area contributed by atoms with Crippen LogP contribution in [0.1, 0.15) is 9.67 Å². The minimum Gasteiger partial charge on any atom is -0.465 e. The first-order chi connectivity index (χ1) is 8.19. The third kappa shape index (κ3) is 1.71. The van der Waals surface area contributed by atoms with Crippen LogP contribution in [0.3, 0.4) is 0 Å². The second-order valence-electron chi connectivity index (χ2n) is 3.40. The quantitative estimate of drug-likeness (QED) is 0.635. The third-order valence-electron chi connectivity index (χ3n) is 2.40. The van der Waals surface area contributed by atoms with Crippen LogP contribution in [0.25, 0.3) is 20.3 Å². The van der Waals surface area contributed by atoms with Gasteiger partial charge in [0.15, 0.2) is 4.47 Å². The fraction of sp³-hybridized carbons (Fsp3) is 0.0909. The van der Waals surface area contributed by atoms with Crippen molar-refractivity contribution in [2.45, 2.75) is 0 Å². The third-order valence-corrected chi connectivity index (χ3v) is 4.67. The van der Waals surface area contributed by atoms with Gasteiger partial charge in [-0.05, 0) is 17.5 Å². The van der Waals surface area contributed by atoms with Crippen molar-refractivity contribution in [2.75, 3.05) is 7.11 Å². The average molecular weight is 284 g/mol. The van der Waals surface area contributed by atoms with Gasteiger partial charge in [0.1, 0.15) is 10.4 Å². The molecule has 0 saturated carbocycles. The topological polar surface area (TPSA) is 39.2 Å². The van der Waals surface area contributed by atoms with Crippen LogP contribution >= 0.6 is 34.3 Å². The molecule has 0 aliphatic carbocycles. The van der Waals surface area contributed by atoms with Crippen LogP contribution in [0.15, 0.2) is 18.2 Å². The summed E-state index contributed by atoms with van der Waals surface area (Å²) in [4.78, 5) is 16.3. The number of hydrogen-bond donors (Lipinski definition) is 0. The lowest BCUT2D eigenvalue weighted by Gasteiger charge is -1.90. The highest BCUT2D eigenvalue weighted by molar-refractivity contribution is 7.25. The summed E-state index contributed by atoms with van der Waals surface area (Å²) >= 11 is 8.72. The summed E-state index contributed by atoms with van der Waals surface area (Å²) in [6.07, 6.45) is 0. The van der Waals surface area contributed by atoms with Crippen molar-refractivity contribution in [3.8, 4) is 0 Å². The number of aromatic nitrogens is 1. The lowest BCUT2D eigenvalue weighted by Crippen LogP contribution is -1.96. The molecule has 17 heavy (non-hydrogen) atoms. The van der Waals surface area contributed by atoms with E-state index in [0.29, 0.717) is 9.34 Å². The highest BCUT2D eigenvalue weighted by atomic mass is 35.5. The molecule has 0 spiro atoms. The van der Waals surface area contributed by atoms with E-state index in [1.807, 2.05) is 18.2 Å². The van der Waals surface area contributed by atoms with Crippen molar-refractivity contribution in [2.24, 2.45) is 0 Å². The molecule has 0 radical (unpaired) electrons. The maximum atomic E-state index is 11.5. The Balaban J connectivity index is 2.34. The van der Waals surface area contributed by atoms with Crippen molar-refractivity contribution in [1.82, 2.24) is 4.98 Å². The summed E-state index contributed by atoms with van der Waals surface area (Å²) in [5.74, 6) is -0.319. The second kappa shape index (κ2) is 3.94. The number of carbonyl (C=O) groups excluding carboxylic acids is 1. The van der Waals surface area contributed by atoms with Gasteiger partial charge in [-0.3, -0.25) is 0 Å². The fourth-order valence-corrected chi connectivity index (χ4v) is 3.83. The first-order valence-electron chi connectivity index (χ1n) is 4.76. The van der Waals surface area contributed by atoms with Gasteiger partial charge >= 0.3 is 5.97 Å². The van der Waals surface area contributed by atoms with Crippen LogP contribution in [0.2, 0.25) is 4.47 Å². The Hall–Kier alpha value is -1.17. The van der Waals surface area contributed by atoms with E-state index in [0.717, 1.165) is 20.3 Å².